The maximum atomic E-state index is 13.8. The van der Waals surface area contributed by atoms with E-state index in [-0.39, 0.29) is 40.0 Å². The van der Waals surface area contributed by atoms with Crippen LogP contribution in [0.4, 0.5) is 23.4 Å². The lowest BCUT2D eigenvalue weighted by atomic mass is 10.1. The van der Waals surface area contributed by atoms with Gasteiger partial charge in [0, 0.05) is 17.8 Å². The highest BCUT2D eigenvalue weighted by molar-refractivity contribution is 6.42. The van der Waals surface area contributed by atoms with Crippen LogP contribution < -0.4 is 5.32 Å². The molecule has 0 aliphatic rings. The van der Waals surface area contributed by atoms with E-state index in [1.807, 2.05) is 0 Å². The molecule has 2 aromatic carbocycles. The van der Waals surface area contributed by atoms with Crippen LogP contribution in [0.3, 0.4) is 0 Å². The van der Waals surface area contributed by atoms with Gasteiger partial charge in [0.1, 0.15) is 10.8 Å². The summed E-state index contributed by atoms with van der Waals surface area (Å²) in [6.45, 7) is 0.256. The number of carbonyl (C=O) groups is 1. The molecule has 0 fully saturated rings. The normalized spacial score (nSPS) is 11.8. The van der Waals surface area contributed by atoms with E-state index in [9.17, 15) is 22.4 Å². The third-order valence-electron chi connectivity index (χ3n) is 5.37. The predicted molar refractivity (Wildman–Crippen MR) is 134 cm³/mol. The fourth-order valence-electron chi connectivity index (χ4n) is 3.62. The molecule has 0 saturated carbocycles. The SMILES string of the molecule is O=C(Nc1nn(Cc2ccc(Cl)c(Cl)c2)cc1Cl)c1cc2nc(-c3ccc(F)cc3)cc(C(F)(F)F)n2n1. The van der Waals surface area contributed by atoms with E-state index in [1.165, 1.54) is 23.0 Å². The fraction of sp³-hybridized carbons (Fsp3) is 0.0833. The van der Waals surface area contributed by atoms with Gasteiger partial charge in [0.15, 0.2) is 22.9 Å². The molecule has 1 amide bonds. The molecular formula is C24H13Cl3F4N6O. The Morgan fingerprint density at radius 3 is 2.34 bits per heavy atom. The van der Waals surface area contributed by atoms with E-state index >= 15 is 0 Å². The van der Waals surface area contributed by atoms with E-state index in [1.54, 1.807) is 18.2 Å². The number of hydrogen-bond donors (Lipinski definition) is 1. The van der Waals surface area contributed by atoms with Crippen LogP contribution in [-0.2, 0) is 12.7 Å². The van der Waals surface area contributed by atoms with Crippen LogP contribution in [0.25, 0.3) is 16.9 Å². The number of benzene rings is 2. The molecule has 0 unspecified atom stereocenters. The van der Waals surface area contributed by atoms with E-state index < -0.39 is 23.6 Å². The maximum Gasteiger partial charge on any atom is 0.433 e. The standard InChI is InChI=1S/C24H13Cl3F4N6O/c25-15-6-1-12(7-16(15)26)10-36-11-17(27)22(35-36)33-23(38)19-9-21-32-18(13-2-4-14(28)5-3-13)8-20(24(29,30)31)37(21)34-19/h1-9,11H,10H2,(H,33,35,38). The molecule has 1 N–H and O–H groups in total. The lowest BCUT2D eigenvalue weighted by molar-refractivity contribution is -0.142. The van der Waals surface area contributed by atoms with Crippen molar-refractivity contribution >= 4 is 52.2 Å². The van der Waals surface area contributed by atoms with Gasteiger partial charge in [-0.05, 0) is 48.0 Å². The number of aromatic nitrogens is 5. The molecule has 0 radical (unpaired) electrons. The van der Waals surface area contributed by atoms with Crippen molar-refractivity contribution in [3.63, 3.8) is 0 Å². The number of alkyl halides is 3. The first-order valence-electron chi connectivity index (χ1n) is 10.7. The Bertz CT molecular complexity index is 1680. The summed E-state index contributed by atoms with van der Waals surface area (Å²) in [5.41, 5.74) is -0.800. The number of hydrogen-bond acceptors (Lipinski definition) is 4. The smallest absolute Gasteiger partial charge is 0.302 e. The average Bonchev–Trinajstić information content (AvgIpc) is 3.43. The Morgan fingerprint density at radius 1 is 0.921 bits per heavy atom. The minimum Gasteiger partial charge on any atom is -0.302 e. The van der Waals surface area contributed by atoms with Gasteiger partial charge >= 0.3 is 6.18 Å². The Balaban J connectivity index is 1.44. The van der Waals surface area contributed by atoms with Crippen LogP contribution in [-0.4, -0.2) is 30.3 Å². The van der Waals surface area contributed by atoms with Crippen LogP contribution >= 0.6 is 34.8 Å². The summed E-state index contributed by atoms with van der Waals surface area (Å²) in [6, 6.07) is 11.7. The van der Waals surface area contributed by atoms with Crippen LogP contribution in [0.2, 0.25) is 15.1 Å². The summed E-state index contributed by atoms with van der Waals surface area (Å²) in [5, 5.41) is 11.3. The van der Waals surface area contributed by atoms with E-state index in [2.05, 4.69) is 20.5 Å². The van der Waals surface area contributed by atoms with Crippen LogP contribution in [0, 0.1) is 5.82 Å². The highest BCUT2D eigenvalue weighted by atomic mass is 35.5. The fourth-order valence-corrected chi connectivity index (χ4v) is 4.13. The largest absolute Gasteiger partial charge is 0.433 e. The summed E-state index contributed by atoms with van der Waals surface area (Å²) >= 11 is 18.2. The molecule has 0 spiro atoms. The van der Waals surface area contributed by atoms with Gasteiger partial charge in [-0.15, -0.1) is 0 Å². The van der Waals surface area contributed by atoms with Crippen molar-refractivity contribution in [2.24, 2.45) is 0 Å². The molecule has 194 valence electrons. The van der Waals surface area contributed by atoms with Gasteiger partial charge in [-0.2, -0.15) is 23.4 Å². The topological polar surface area (TPSA) is 77.1 Å². The lowest BCUT2D eigenvalue weighted by Gasteiger charge is -2.11. The summed E-state index contributed by atoms with van der Waals surface area (Å²) in [7, 11) is 0. The summed E-state index contributed by atoms with van der Waals surface area (Å²) < 4.78 is 56.7. The molecule has 5 aromatic rings. The molecule has 14 heteroatoms. The van der Waals surface area contributed by atoms with Crippen molar-refractivity contribution < 1.29 is 22.4 Å². The van der Waals surface area contributed by atoms with Gasteiger partial charge in [0.05, 0.1) is 22.3 Å². The Hall–Kier alpha value is -3.67. The number of fused-ring (bicyclic) bond motifs is 1. The van der Waals surface area contributed by atoms with Gasteiger partial charge in [0.25, 0.3) is 5.91 Å². The molecule has 0 bridgehead atoms. The Morgan fingerprint density at radius 2 is 1.66 bits per heavy atom. The first kappa shape index (κ1) is 26.0. The van der Waals surface area contributed by atoms with Crippen molar-refractivity contribution in [3.8, 4) is 11.3 Å². The van der Waals surface area contributed by atoms with Crippen LogP contribution in [0.5, 0.6) is 0 Å². The second kappa shape index (κ2) is 9.90. The molecule has 38 heavy (non-hydrogen) atoms. The minimum absolute atomic E-state index is 0.0233. The third kappa shape index (κ3) is 5.31. The highest BCUT2D eigenvalue weighted by Crippen LogP contribution is 2.32. The number of rotatable bonds is 5. The lowest BCUT2D eigenvalue weighted by Crippen LogP contribution is -2.16. The van der Waals surface area contributed by atoms with Gasteiger partial charge in [-0.25, -0.2) is 13.9 Å². The van der Waals surface area contributed by atoms with Crippen molar-refractivity contribution in [1.29, 1.82) is 0 Å². The summed E-state index contributed by atoms with van der Waals surface area (Å²) in [4.78, 5) is 17.0. The molecule has 0 saturated heterocycles. The van der Waals surface area contributed by atoms with Crippen molar-refractivity contribution in [3.05, 3.63) is 98.6 Å². The third-order valence-corrected chi connectivity index (χ3v) is 6.38. The van der Waals surface area contributed by atoms with Crippen LogP contribution in [0.1, 0.15) is 21.7 Å². The number of nitrogens with one attached hydrogen (secondary N) is 1. The van der Waals surface area contributed by atoms with Crippen LogP contribution in [0.15, 0.2) is 60.8 Å². The number of carbonyl (C=O) groups excluding carboxylic acids is 1. The highest BCUT2D eigenvalue weighted by Gasteiger charge is 2.35. The molecule has 7 nitrogen and oxygen atoms in total. The molecule has 0 aliphatic carbocycles. The predicted octanol–water partition coefficient (Wildman–Crippen LogP) is 7.01. The zero-order chi connectivity index (χ0) is 27.2. The summed E-state index contributed by atoms with van der Waals surface area (Å²) in [5.74, 6) is -1.43. The second-order valence-corrected chi connectivity index (χ2v) is 9.28. The number of anilines is 1. The Kier molecular flexibility index (Phi) is 6.76. The zero-order valence-corrected chi connectivity index (χ0v) is 21.0. The zero-order valence-electron chi connectivity index (χ0n) is 18.8. The Labute approximate surface area is 226 Å². The van der Waals surface area contributed by atoms with Gasteiger partial charge in [-0.1, -0.05) is 40.9 Å². The quantitative estimate of drug-likeness (QED) is 0.226. The molecule has 5 rings (SSSR count). The van der Waals surface area contributed by atoms with E-state index in [0.29, 0.717) is 14.6 Å². The van der Waals surface area contributed by atoms with E-state index in [4.69, 9.17) is 34.8 Å². The van der Waals surface area contributed by atoms with Gasteiger partial charge < -0.3 is 5.32 Å². The van der Waals surface area contributed by atoms with Crippen molar-refractivity contribution in [2.45, 2.75) is 12.7 Å². The van der Waals surface area contributed by atoms with Crippen molar-refractivity contribution in [2.75, 3.05) is 5.32 Å². The number of amides is 1. The van der Waals surface area contributed by atoms with Crippen molar-refractivity contribution in [1.82, 2.24) is 24.4 Å². The average molecular weight is 584 g/mol. The van der Waals surface area contributed by atoms with E-state index in [0.717, 1.165) is 29.8 Å². The number of nitrogens with zero attached hydrogens (tertiary/aromatic N) is 5. The maximum absolute atomic E-state index is 13.8. The summed E-state index contributed by atoms with van der Waals surface area (Å²) in [6.07, 6.45) is -3.36. The molecular weight excluding hydrogens is 571 g/mol. The number of halogens is 7. The molecule has 3 aromatic heterocycles. The van der Waals surface area contributed by atoms with Gasteiger partial charge in [-0.3, -0.25) is 9.48 Å². The first-order chi connectivity index (χ1) is 18.0. The molecule has 0 atom stereocenters. The monoisotopic (exact) mass is 582 g/mol. The first-order valence-corrected chi connectivity index (χ1v) is 11.8. The second-order valence-electron chi connectivity index (χ2n) is 8.06. The minimum atomic E-state index is -4.82. The van der Waals surface area contributed by atoms with Gasteiger partial charge in [0.2, 0.25) is 0 Å². The molecule has 0 aliphatic heterocycles. The molecule has 3 heterocycles.